The molecule has 2 unspecified atom stereocenters. The molecule has 1 aromatic carbocycles. The molecule has 0 fully saturated rings. The van der Waals surface area contributed by atoms with E-state index >= 15 is 0 Å². The van der Waals surface area contributed by atoms with Crippen molar-refractivity contribution in [2.24, 2.45) is 10.7 Å². The van der Waals surface area contributed by atoms with E-state index in [-0.39, 0.29) is 22.5 Å². The Labute approximate surface area is 168 Å². The van der Waals surface area contributed by atoms with Crippen molar-refractivity contribution in [3.05, 3.63) is 59.4 Å². The van der Waals surface area contributed by atoms with Gasteiger partial charge in [0.2, 0.25) is 0 Å². The lowest BCUT2D eigenvalue weighted by atomic mass is 9.85. The third-order valence-corrected chi connectivity index (χ3v) is 4.48. The molecule has 7 nitrogen and oxygen atoms in total. The number of anilines is 1. The molecule has 0 saturated heterocycles. The van der Waals surface area contributed by atoms with E-state index in [1.807, 2.05) is 6.07 Å². The Hall–Kier alpha value is -3.68. The van der Waals surface area contributed by atoms with E-state index < -0.39 is 42.8 Å². The molecule has 3 N–H and O–H groups in total. The third kappa shape index (κ3) is 4.32. The zero-order chi connectivity index (χ0) is 21.9. The van der Waals surface area contributed by atoms with E-state index in [0.717, 1.165) is 0 Å². The van der Waals surface area contributed by atoms with Gasteiger partial charge in [0, 0.05) is 18.3 Å². The fraction of sp³-hybridized carbons (Fsp3) is 0.263. The molecule has 0 saturated carbocycles. The minimum absolute atomic E-state index is 0.0186. The number of aliphatic imine (C=N–C) groups is 1. The number of hydrogen-bond donors (Lipinski definition) is 2. The minimum atomic E-state index is -4.76. The van der Waals surface area contributed by atoms with Crippen molar-refractivity contribution in [3.8, 4) is 6.07 Å². The number of hydrogen-bond acceptors (Lipinski definition) is 6. The maximum absolute atomic E-state index is 14.0. The van der Waals surface area contributed by atoms with Gasteiger partial charge in [-0.2, -0.15) is 18.4 Å². The van der Waals surface area contributed by atoms with Crippen LogP contribution in [0.1, 0.15) is 28.0 Å². The van der Waals surface area contributed by atoms with Gasteiger partial charge in [-0.25, -0.2) is 14.4 Å². The van der Waals surface area contributed by atoms with Crippen molar-refractivity contribution in [2.45, 2.75) is 24.2 Å². The van der Waals surface area contributed by atoms with Crippen LogP contribution < -0.4 is 11.1 Å². The average molecular weight is 421 g/mol. The second kappa shape index (κ2) is 7.98. The second-order valence-corrected chi connectivity index (χ2v) is 6.55. The molecule has 11 heteroatoms. The van der Waals surface area contributed by atoms with Gasteiger partial charge in [-0.15, -0.1) is 0 Å². The standard InChI is InChI=1S/C19H15F4N5O2/c20-10-18(7-15(19(21,22)23)30-17(25)28-18)12-2-1-3-13(6-12)27-16(29)14-5-4-11(8-24)9-26-14/h1-6,9,15H,7,10H2,(H2,25,28)(H,27,29). The zero-order valence-corrected chi connectivity index (χ0v) is 15.3. The molecule has 30 heavy (non-hydrogen) atoms. The van der Waals surface area contributed by atoms with Crippen LogP contribution in [0.25, 0.3) is 0 Å². The predicted octanol–water partition coefficient (Wildman–Crippen LogP) is 3.04. The summed E-state index contributed by atoms with van der Waals surface area (Å²) in [6, 6.07) is 9.49. The minimum Gasteiger partial charge on any atom is -0.452 e. The first kappa shape index (κ1) is 21.0. The number of ether oxygens (including phenoxy) is 1. The highest BCUT2D eigenvalue weighted by Crippen LogP contribution is 2.41. The molecule has 0 aliphatic carbocycles. The monoisotopic (exact) mass is 421 g/mol. The van der Waals surface area contributed by atoms with Crippen LogP contribution in [-0.4, -0.2) is 35.9 Å². The van der Waals surface area contributed by atoms with E-state index in [9.17, 15) is 22.4 Å². The summed E-state index contributed by atoms with van der Waals surface area (Å²) >= 11 is 0. The van der Waals surface area contributed by atoms with Crippen molar-refractivity contribution in [2.75, 3.05) is 12.0 Å². The molecule has 1 aliphatic rings. The first-order valence-electron chi connectivity index (χ1n) is 8.59. The van der Waals surface area contributed by atoms with Crippen molar-refractivity contribution in [1.82, 2.24) is 4.98 Å². The Kier molecular flexibility index (Phi) is 5.60. The quantitative estimate of drug-likeness (QED) is 0.737. The number of pyridine rings is 1. The van der Waals surface area contributed by atoms with Gasteiger partial charge in [-0.05, 0) is 29.8 Å². The number of amidine groups is 1. The van der Waals surface area contributed by atoms with Crippen LogP contribution in [0.5, 0.6) is 0 Å². The number of carbonyl (C=O) groups excluding carboxylic acids is 1. The van der Waals surface area contributed by atoms with Gasteiger partial charge in [0.05, 0.1) is 5.56 Å². The number of nitrogens with zero attached hydrogens (tertiary/aromatic N) is 3. The number of rotatable bonds is 4. The van der Waals surface area contributed by atoms with Crippen LogP contribution in [0.4, 0.5) is 23.2 Å². The molecule has 2 aromatic rings. The van der Waals surface area contributed by atoms with E-state index in [1.54, 1.807) is 0 Å². The summed E-state index contributed by atoms with van der Waals surface area (Å²) < 4.78 is 58.0. The first-order valence-corrected chi connectivity index (χ1v) is 8.59. The summed E-state index contributed by atoms with van der Waals surface area (Å²) in [5, 5.41) is 11.3. The maximum Gasteiger partial charge on any atom is 0.425 e. The topological polar surface area (TPSA) is 113 Å². The van der Waals surface area contributed by atoms with Crippen LogP contribution in [-0.2, 0) is 10.3 Å². The second-order valence-electron chi connectivity index (χ2n) is 6.55. The van der Waals surface area contributed by atoms with Crippen molar-refractivity contribution in [3.63, 3.8) is 0 Å². The van der Waals surface area contributed by atoms with Crippen LogP contribution in [0.2, 0.25) is 0 Å². The van der Waals surface area contributed by atoms with E-state index in [1.165, 1.54) is 42.6 Å². The van der Waals surface area contributed by atoms with Crippen molar-refractivity contribution < 1.29 is 27.1 Å². The highest BCUT2D eigenvalue weighted by molar-refractivity contribution is 6.02. The van der Waals surface area contributed by atoms with Crippen LogP contribution >= 0.6 is 0 Å². The Morgan fingerprint density at radius 3 is 2.73 bits per heavy atom. The summed E-state index contributed by atoms with van der Waals surface area (Å²) in [4.78, 5) is 20.0. The van der Waals surface area contributed by atoms with Crippen LogP contribution in [0, 0.1) is 11.3 Å². The fourth-order valence-electron chi connectivity index (χ4n) is 2.98. The summed E-state index contributed by atoms with van der Waals surface area (Å²) in [7, 11) is 0. The van der Waals surface area contributed by atoms with E-state index in [2.05, 4.69) is 20.0 Å². The van der Waals surface area contributed by atoms with Crippen LogP contribution in [0.15, 0.2) is 47.6 Å². The number of nitrogens with two attached hydrogens (primary N) is 1. The Morgan fingerprint density at radius 1 is 1.37 bits per heavy atom. The normalized spacial score (nSPS) is 21.2. The molecule has 3 rings (SSSR count). The average Bonchev–Trinajstić information content (AvgIpc) is 2.72. The number of nitriles is 1. The molecule has 2 atom stereocenters. The van der Waals surface area contributed by atoms with E-state index in [4.69, 9.17) is 11.0 Å². The lowest BCUT2D eigenvalue weighted by Gasteiger charge is -2.36. The number of benzene rings is 1. The largest absolute Gasteiger partial charge is 0.452 e. The SMILES string of the molecule is N#Cc1ccc(C(=O)Nc2cccc(C3(CF)CC(C(F)(F)F)OC(N)=N3)c2)nc1. The highest BCUT2D eigenvalue weighted by atomic mass is 19.4. The molecule has 0 spiro atoms. The lowest BCUT2D eigenvalue weighted by Crippen LogP contribution is -2.48. The van der Waals surface area contributed by atoms with Crippen molar-refractivity contribution in [1.29, 1.82) is 5.26 Å². The van der Waals surface area contributed by atoms with Gasteiger partial charge >= 0.3 is 6.18 Å². The summed E-state index contributed by atoms with van der Waals surface area (Å²) in [6.07, 6.45) is -6.65. The van der Waals surface area contributed by atoms with Gasteiger partial charge in [-0.1, -0.05) is 12.1 Å². The summed E-state index contributed by atoms with van der Waals surface area (Å²) in [6.45, 7) is -1.25. The number of amides is 1. The number of halogens is 4. The molecule has 1 aromatic heterocycles. The third-order valence-electron chi connectivity index (χ3n) is 4.48. The predicted molar refractivity (Wildman–Crippen MR) is 98.2 cm³/mol. The van der Waals surface area contributed by atoms with Gasteiger partial charge in [0.1, 0.15) is 24.0 Å². The van der Waals surface area contributed by atoms with Crippen molar-refractivity contribution >= 4 is 17.6 Å². The highest BCUT2D eigenvalue weighted by Gasteiger charge is 2.51. The molecule has 1 aliphatic heterocycles. The maximum atomic E-state index is 14.0. The van der Waals surface area contributed by atoms with Crippen LogP contribution in [0.3, 0.4) is 0 Å². The Morgan fingerprint density at radius 2 is 2.13 bits per heavy atom. The van der Waals surface area contributed by atoms with Gasteiger partial charge in [0.15, 0.2) is 6.10 Å². The Bertz CT molecular complexity index is 1020. The molecule has 1 amide bonds. The number of nitrogens with one attached hydrogen (secondary N) is 1. The first-order chi connectivity index (χ1) is 14.2. The van der Waals surface area contributed by atoms with Gasteiger partial charge in [-0.3, -0.25) is 4.79 Å². The molecule has 2 heterocycles. The number of aromatic nitrogens is 1. The smallest absolute Gasteiger partial charge is 0.425 e. The number of carbonyl (C=O) groups is 1. The molecule has 156 valence electrons. The van der Waals surface area contributed by atoms with E-state index in [0.29, 0.717) is 0 Å². The molecule has 0 bridgehead atoms. The molecule has 0 radical (unpaired) electrons. The molecular weight excluding hydrogens is 406 g/mol. The summed E-state index contributed by atoms with van der Waals surface area (Å²) in [5.41, 5.74) is 4.06. The lowest BCUT2D eigenvalue weighted by molar-refractivity contribution is -0.209. The molecular formula is C19H15F4N5O2. The Balaban J connectivity index is 1.88. The number of alkyl halides is 4. The summed E-state index contributed by atoms with van der Waals surface area (Å²) in [5.74, 6) is -0.617. The fourth-order valence-corrected chi connectivity index (χ4v) is 2.98. The van der Waals surface area contributed by atoms with Gasteiger partial charge in [0.25, 0.3) is 11.9 Å². The zero-order valence-electron chi connectivity index (χ0n) is 15.3. The van der Waals surface area contributed by atoms with Gasteiger partial charge < -0.3 is 15.8 Å².